The standard InChI is InChI=1S/C11H13N3O8/c12-4(2-15)7-5(16)6(17)9(22-7)14-1-3(10(19)20)8(18)13-11(14)21/h1-2,4-7,9,16-17H,12H2,(H,19,20)(H,13,18,21). The molecule has 0 radical (unpaired) electrons. The lowest BCUT2D eigenvalue weighted by Gasteiger charge is -2.18. The summed E-state index contributed by atoms with van der Waals surface area (Å²) in [7, 11) is 0. The fraction of sp³-hybridized carbons (Fsp3) is 0.455. The van der Waals surface area contributed by atoms with Crippen LogP contribution in [0.15, 0.2) is 15.8 Å². The minimum Gasteiger partial charge on any atom is -0.477 e. The molecule has 1 aliphatic rings. The molecule has 0 spiro atoms. The van der Waals surface area contributed by atoms with E-state index in [0.717, 1.165) is 0 Å². The van der Waals surface area contributed by atoms with Crippen molar-refractivity contribution in [2.24, 2.45) is 5.73 Å². The quantitative estimate of drug-likeness (QED) is 0.350. The van der Waals surface area contributed by atoms with Gasteiger partial charge < -0.3 is 30.6 Å². The first kappa shape index (κ1) is 16.0. The zero-order chi connectivity index (χ0) is 16.6. The van der Waals surface area contributed by atoms with Crippen molar-refractivity contribution in [1.29, 1.82) is 0 Å². The maximum atomic E-state index is 11.7. The molecule has 0 aliphatic carbocycles. The molecule has 0 amide bonds. The Labute approximate surface area is 121 Å². The fourth-order valence-corrected chi connectivity index (χ4v) is 2.14. The molecule has 1 fully saturated rings. The van der Waals surface area contributed by atoms with Crippen molar-refractivity contribution >= 4 is 12.3 Å². The number of carboxylic acids is 1. The number of aromatic amines is 1. The molecule has 0 bridgehead atoms. The number of carboxylic acid groups (broad SMARTS) is 1. The summed E-state index contributed by atoms with van der Waals surface area (Å²) >= 11 is 0. The van der Waals surface area contributed by atoms with Crippen molar-refractivity contribution in [2.75, 3.05) is 0 Å². The molecule has 120 valence electrons. The summed E-state index contributed by atoms with van der Waals surface area (Å²) < 4.78 is 5.78. The molecule has 6 N–H and O–H groups in total. The van der Waals surface area contributed by atoms with Crippen LogP contribution in [0.25, 0.3) is 0 Å². The van der Waals surface area contributed by atoms with Gasteiger partial charge in [0.25, 0.3) is 5.56 Å². The first-order valence-electron chi connectivity index (χ1n) is 6.09. The topological polar surface area (TPSA) is 185 Å². The molecule has 5 unspecified atom stereocenters. The van der Waals surface area contributed by atoms with Crippen molar-refractivity contribution in [1.82, 2.24) is 9.55 Å². The smallest absolute Gasteiger partial charge is 0.342 e. The zero-order valence-electron chi connectivity index (χ0n) is 10.9. The SMILES string of the molecule is NC(C=O)C1OC(n2cc(C(=O)O)c(=O)[nH]c2=O)C(O)C1O. The highest BCUT2D eigenvalue weighted by Crippen LogP contribution is 2.29. The molecule has 11 nitrogen and oxygen atoms in total. The second kappa shape index (κ2) is 5.81. The molecule has 1 aliphatic heterocycles. The number of carbonyl (C=O) groups is 2. The van der Waals surface area contributed by atoms with Gasteiger partial charge in [0.05, 0.1) is 6.04 Å². The number of hydrogen-bond acceptors (Lipinski definition) is 8. The van der Waals surface area contributed by atoms with Gasteiger partial charge in [-0.1, -0.05) is 0 Å². The van der Waals surface area contributed by atoms with Gasteiger partial charge in [-0.25, -0.2) is 9.59 Å². The highest BCUT2D eigenvalue weighted by Gasteiger charge is 2.46. The van der Waals surface area contributed by atoms with Gasteiger partial charge in [-0.05, 0) is 0 Å². The number of aldehydes is 1. The Bertz CT molecular complexity index is 710. The van der Waals surface area contributed by atoms with E-state index >= 15 is 0 Å². The van der Waals surface area contributed by atoms with Gasteiger partial charge >= 0.3 is 11.7 Å². The molecule has 1 aromatic rings. The molecule has 11 heteroatoms. The van der Waals surface area contributed by atoms with Gasteiger partial charge in [-0.2, -0.15) is 0 Å². The third kappa shape index (κ3) is 2.57. The van der Waals surface area contributed by atoms with E-state index in [-0.39, 0.29) is 0 Å². The van der Waals surface area contributed by atoms with Crippen LogP contribution >= 0.6 is 0 Å². The van der Waals surface area contributed by atoms with Crippen molar-refractivity contribution < 1.29 is 29.6 Å². The van der Waals surface area contributed by atoms with Gasteiger partial charge in [-0.3, -0.25) is 14.3 Å². The van der Waals surface area contributed by atoms with E-state index in [9.17, 15) is 29.4 Å². The first-order chi connectivity index (χ1) is 10.3. The van der Waals surface area contributed by atoms with Gasteiger partial charge in [0.15, 0.2) is 6.23 Å². The molecular weight excluding hydrogens is 302 g/mol. The summed E-state index contributed by atoms with van der Waals surface area (Å²) in [4.78, 5) is 46.4. The molecule has 2 rings (SSSR count). The zero-order valence-corrected chi connectivity index (χ0v) is 10.9. The maximum absolute atomic E-state index is 11.7. The molecule has 1 aromatic heterocycles. The number of hydrogen-bond donors (Lipinski definition) is 5. The number of nitrogens with zero attached hydrogens (tertiary/aromatic N) is 1. The molecule has 0 saturated carbocycles. The predicted molar refractivity (Wildman–Crippen MR) is 68.2 cm³/mol. The number of aromatic carboxylic acids is 1. The Morgan fingerprint density at radius 3 is 2.59 bits per heavy atom. The summed E-state index contributed by atoms with van der Waals surface area (Å²) in [5.74, 6) is -1.59. The van der Waals surface area contributed by atoms with Crippen LogP contribution in [0.4, 0.5) is 0 Å². The third-order valence-electron chi connectivity index (χ3n) is 3.28. The van der Waals surface area contributed by atoms with Gasteiger partial charge in [0.2, 0.25) is 0 Å². The minimum absolute atomic E-state index is 0.293. The Balaban J connectivity index is 2.46. The maximum Gasteiger partial charge on any atom is 0.342 e. The van der Waals surface area contributed by atoms with E-state index in [2.05, 4.69) is 0 Å². The monoisotopic (exact) mass is 315 g/mol. The Morgan fingerprint density at radius 1 is 1.41 bits per heavy atom. The van der Waals surface area contributed by atoms with E-state index in [4.69, 9.17) is 15.6 Å². The summed E-state index contributed by atoms with van der Waals surface area (Å²) in [5.41, 5.74) is 2.48. The number of ether oxygens (including phenoxy) is 1. The number of aliphatic hydroxyl groups is 2. The summed E-state index contributed by atoms with van der Waals surface area (Å²) in [5, 5.41) is 28.6. The molecule has 2 heterocycles. The van der Waals surface area contributed by atoms with Crippen LogP contribution in [0.2, 0.25) is 0 Å². The largest absolute Gasteiger partial charge is 0.477 e. The van der Waals surface area contributed by atoms with Gasteiger partial charge in [0, 0.05) is 6.20 Å². The number of nitrogens with two attached hydrogens (primary N) is 1. The molecule has 1 saturated heterocycles. The Morgan fingerprint density at radius 2 is 2.05 bits per heavy atom. The second-order valence-electron chi connectivity index (χ2n) is 4.70. The van der Waals surface area contributed by atoms with Crippen LogP contribution in [-0.4, -0.2) is 61.5 Å². The Kier molecular flexibility index (Phi) is 4.23. The lowest BCUT2D eigenvalue weighted by atomic mass is 10.1. The second-order valence-corrected chi connectivity index (χ2v) is 4.70. The summed E-state index contributed by atoms with van der Waals surface area (Å²) in [6.07, 6.45) is -5.04. The van der Waals surface area contributed by atoms with Crippen molar-refractivity contribution in [3.63, 3.8) is 0 Å². The van der Waals surface area contributed by atoms with E-state index in [0.29, 0.717) is 17.1 Å². The van der Waals surface area contributed by atoms with Crippen molar-refractivity contribution in [3.8, 4) is 0 Å². The number of H-pyrrole nitrogens is 1. The highest BCUT2D eigenvalue weighted by atomic mass is 16.6. The number of nitrogens with one attached hydrogen (secondary N) is 1. The van der Waals surface area contributed by atoms with Crippen LogP contribution in [-0.2, 0) is 9.53 Å². The molecule has 22 heavy (non-hydrogen) atoms. The van der Waals surface area contributed by atoms with Crippen LogP contribution in [0.5, 0.6) is 0 Å². The average molecular weight is 315 g/mol. The van der Waals surface area contributed by atoms with Crippen LogP contribution in [0, 0.1) is 0 Å². The lowest BCUT2D eigenvalue weighted by molar-refractivity contribution is -0.114. The van der Waals surface area contributed by atoms with Crippen LogP contribution < -0.4 is 17.0 Å². The highest BCUT2D eigenvalue weighted by molar-refractivity contribution is 5.86. The Hall–Kier alpha value is -2.34. The van der Waals surface area contributed by atoms with E-state index in [1.165, 1.54) is 0 Å². The fourth-order valence-electron chi connectivity index (χ4n) is 2.14. The molecule has 0 aromatic carbocycles. The number of carbonyl (C=O) groups excluding carboxylic acids is 1. The predicted octanol–water partition coefficient (Wildman–Crippen LogP) is -3.62. The lowest BCUT2D eigenvalue weighted by Crippen LogP contribution is -2.44. The van der Waals surface area contributed by atoms with Gasteiger partial charge in [-0.15, -0.1) is 0 Å². The number of aliphatic hydroxyl groups excluding tert-OH is 2. The van der Waals surface area contributed by atoms with E-state index < -0.39 is 53.4 Å². The summed E-state index contributed by atoms with van der Waals surface area (Å²) in [6, 6.07) is -1.26. The molecule has 5 atom stereocenters. The van der Waals surface area contributed by atoms with E-state index in [1.807, 2.05) is 0 Å². The number of aromatic nitrogens is 2. The molecular formula is C11H13N3O8. The number of rotatable bonds is 4. The minimum atomic E-state index is -1.65. The van der Waals surface area contributed by atoms with Crippen LogP contribution in [0.1, 0.15) is 16.6 Å². The summed E-state index contributed by atoms with van der Waals surface area (Å²) in [6.45, 7) is 0. The van der Waals surface area contributed by atoms with Gasteiger partial charge in [0.1, 0.15) is 30.2 Å². The van der Waals surface area contributed by atoms with Crippen LogP contribution in [0.3, 0.4) is 0 Å². The van der Waals surface area contributed by atoms with Crippen molar-refractivity contribution in [3.05, 3.63) is 32.6 Å². The first-order valence-corrected chi connectivity index (χ1v) is 6.09. The van der Waals surface area contributed by atoms with Crippen molar-refractivity contribution in [2.45, 2.75) is 30.6 Å². The third-order valence-corrected chi connectivity index (χ3v) is 3.28. The average Bonchev–Trinajstić information content (AvgIpc) is 2.74. The normalized spacial score (nSPS) is 29.2. The van der Waals surface area contributed by atoms with E-state index in [1.54, 1.807) is 4.98 Å².